The van der Waals surface area contributed by atoms with Gasteiger partial charge in [-0.15, -0.1) is 6.58 Å². The Morgan fingerprint density at radius 1 is 0.970 bits per heavy atom. The number of nitro benzene ring substituents is 1. The van der Waals surface area contributed by atoms with E-state index in [0.717, 1.165) is 28.8 Å². The van der Waals surface area contributed by atoms with Crippen molar-refractivity contribution in [3.05, 3.63) is 106 Å². The van der Waals surface area contributed by atoms with Gasteiger partial charge in [0.15, 0.2) is 11.5 Å². The summed E-state index contributed by atoms with van der Waals surface area (Å²) in [7, 11) is 0. The molecule has 0 aliphatic carbocycles. The van der Waals surface area contributed by atoms with E-state index in [4.69, 9.17) is 9.47 Å². The first kappa shape index (κ1) is 23.9. The van der Waals surface area contributed by atoms with Crippen molar-refractivity contribution >= 4 is 11.4 Å². The lowest BCUT2D eigenvalue weighted by atomic mass is 10.0. The van der Waals surface area contributed by atoms with Crippen LogP contribution in [0.15, 0.2) is 73.3 Å². The Labute approximate surface area is 195 Å². The van der Waals surface area contributed by atoms with E-state index in [1.807, 2.05) is 19.1 Å². The van der Waals surface area contributed by atoms with Crippen molar-refractivity contribution in [2.45, 2.75) is 39.8 Å². The van der Waals surface area contributed by atoms with Crippen molar-refractivity contribution in [1.82, 2.24) is 0 Å². The van der Waals surface area contributed by atoms with E-state index in [9.17, 15) is 10.1 Å². The van der Waals surface area contributed by atoms with Gasteiger partial charge in [-0.05, 0) is 72.9 Å². The second-order valence-electron chi connectivity index (χ2n) is 7.62. The number of hydrogen-bond acceptors (Lipinski definition) is 5. The topological polar surface area (TPSA) is 73.6 Å². The standard InChI is InChI=1S/C27H30N2O4/c1-4-7-23-16-22(18-28-24-12-8-20(5-2)9-13-24)17-26(32-6-3)27(23)33-19-21-10-14-25(15-11-21)29(30)31/h4,8-17,28H,1,5-7,18-19H2,2-3H3. The molecule has 3 rings (SSSR count). The van der Waals surface area contributed by atoms with Gasteiger partial charge in [-0.1, -0.05) is 25.1 Å². The summed E-state index contributed by atoms with van der Waals surface area (Å²) in [5.74, 6) is 1.35. The quantitative estimate of drug-likeness (QED) is 0.196. The van der Waals surface area contributed by atoms with E-state index in [2.05, 4.69) is 49.2 Å². The molecular weight excluding hydrogens is 416 g/mol. The van der Waals surface area contributed by atoms with Gasteiger partial charge in [0.2, 0.25) is 0 Å². The largest absolute Gasteiger partial charge is 0.490 e. The van der Waals surface area contributed by atoms with E-state index < -0.39 is 4.92 Å². The minimum atomic E-state index is -0.412. The van der Waals surface area contributed by atoms with Crippen molar-refractivity contribution < 1.29 is 14.4 Å². The molecule has 172 valence electrons. The van der Waals surface area contributed by atoms with Gasteiger partial charge in [-0.25, -0.2) is 0 Å². The average Bonchev–Trinajstić information content (AvgIpc) is 2.83. The molecular formula is C27H30N2O4. The summed E-state index contributed by atoms with van der Waals surface area (Å²) < 4.78 is 12.0. The van der Waals surface area contributed by atoms with Crippen molar-refractivity contribution in [3.63, 3.8) is 0 Å². The number of non-ortho nitro benzene ring substituents is 1. The molecule has 33 heavy (non-hydrogen) atoms. The minimum absolute atomic E-state index is 0.0577. The number of nitro groups is 1. The van der Waals surface area contributed by atoms with Crippen LogP contribution in [-0.2, 0) is 26.0 Å². The van der Waals surface area contributed by atoms with Crippen LogP contribution in [0.5, 0.6) is 11.5 Å². The third-order valence-corrected chi connectivity index (χ3v) is 5.24. The van der Waals surface area contributed by atoms with E-state index in [1.165, 1.54) is 17.7 Å². The number of aryl methyl sites for hydroxylation is 1. The summed E-state index contributed by atoms with van der Waals surface area (Å²) in [6, 6.07) is 18.9. The Bertz CT molecular complexity index is 1080. The van der Waals surface area contributed by atoms with Gasteiger partial charge in [0.25, 0.3) is 5.69 Å². The third kappa shape index (κ3) is 6.59. The molecule has 0 unspecified atom stereocenters. The summed E-state index contributed by atoms with van der Waals surface area (Å²) in [6.45, 7) is 9.40. The lowest BCUT2D eigenvalue weighted by Crippen LogP contribution is -2.06. The molecule has 0 spiro atoms. The molecule has 0 aliphatic heterocycles. The SMILES string of the molecule is C=CCc1cc(CNc2ccc(CC)cc2)cc(OCC)c1OCc1ccc([N+](=O)[O-])cc1. The highest BCUT2D eigenvalue weighted by Gasteiger charge is 2.14. The van der Waals surface area contributed by atoms with Gasteiger partial charge in [-0.3, -0.25) is 10.1 Å². The van der Waals surface area contributed by atoms with Crippen LogP contribution < -0.4 is 14.8 Å². The predicted octanol–water partition coefficient (Wildman–Crippen LogP) is 6.48. The molecule has 0 aliphatic rings. The number of nitrogens with zero attached hydrogens (tertiary/aromatic N) is 1. The van der Waals surface area contributed by atoms with Crippen LogP contribution >= 0.6 is 0 Å². The second kappa shape index (κ2) is 11.7. The smallest absolute Gasteiger partial charge is 0.269 e. The maximum atomic E-state index is 10.9. The molecule has 0 aromatic heterocycles. The highest BCUT2D eigenvalue weighted by Crippen LogP contribution is 2.35. The Hall–Kier alpha value is -3.80. The zero-order valence-electron chi connectivity index (χ0n) is 19.2. The van der Waals surface area contributed by atoms with Crippen LogP contribution in [0.4, 0.5) is 11.4 Å². The summed E-state index contributed by atoms with van der Waals surface area (Å²) in [5, 5.41) is 14.3. The number of nitrogens with one attached hydrogen (secondary N) is 1. The summed E-state index contributed by atoms with van der Waals surface area (Å²) >= 11 is 0. The second-order valence-corrected chi connectivity index (χ2v) is 7.62. The maximum absolute atomic E-state index is 10.9. The van der Waals surface area contributed by atoms with Crippen LogP contribution in [0.1, 0.15) is 36.1 Å². The molecule has 0 amide bonds. The number of anilines is 1. The highest BCUT2D eigenvalue weighted by molar-refractivity contribution is 5.52. The van der Waals surface area contributed by atoms with Crippen LogP contribution in [0, 0.1) is 10.1 Å². The number of benzene rings is 3. The zero-order valence-corrected chi connectivity index (χ0v) is 19.2. The molecule has 1 N–H and O–H groups in total. The van der Waals surface area contributed by atoms with Gasteiger partial charge in [0, 0.05) is 29.9 Å². The Morgan fingerprint density at radius 3 is 2.27 bits per heavy atom. The lowest BCUT2D eigenvalue weighted by Gasteiger charge is -2.18. The molecule has 0 saturated carbocycles. The Kier molecular flexibility index (Phi) is 8.47. The monoisotopic (exact) mass is 446 g/mol. The number of rotatable bonds is 12. The van der Waals surface area contributed by atoms with Gasteiger partial charge < -0.3 is 14.8 Å². The fourth-order valence-electron chi connectivity index (χ4n) is 3.49. The highest BCUT2D eigenvalue weighted by atomic mass is 16.6. The zero-order chi connectivity index (χ0) is 23.6. The molecule has 6 nitrogen and oxygen atoms in total. The van der Waals surface area contributed by atoms with Crippen LogP contribution in [0.3, 0.4) is 0 Å². The average molecular weight is 447 g/mol. The molecule has 0 saturated heterocycles. The van der Waals surface area contributed by atoms with Crippen molar-refractivity contribution in [2.75, 3.05) is 11.9 Å². The normalized spacial score (nSPS) is 10.5. The van der Waals surface area contributed by atoms with Crippen LogP contribution in [-0.4, -0.2) is 11.5 Å². The molecule has 0 radical (unpaired) electrons. The van der Waals surface area contributed by atoms with E-state index in [-0.39, 0.29) is 12.3 Å². The first-order valence-electron chi connectivity index (χ1n) is 11.1. The fourth-order valence-corrected chi connectivity index (χ4v) is 3.49. The fraction of sp³-hybridized carbons (Fsp3) is 0.259. The maximum Gasteiger partial charge on any atom is 0.269 e. The number of allylic oxidation sites excluding steroid dienone is 1. The van der Waals surface area contributed by atoms with Crippen LogP contribution in [0.25, 0.3) is 0 Å². The van der Waals surface area contributed by atoms with Crippen molar-refractivity contribution in [1.29, 1.82) is 0 Å². The molecule has 0 fully saturated rings. The first-order valence-corrected chi connectivity index (χ1v) is 11.1. The van der Waals surface area contributed by atoms with Gasteiger partial charge in [0.05, 0.1) is 11.5 Å². The lowest BCUT2D eigenvalue weighted by molar-refractivity contribution is -0.384. The molecule has 0 atom stereocenters. The minimum Gasteiger partial charge on any atom is -0.490 e. The van der Waals surface area contributed by atoms with Gasteiger partial charge in [0.1, 0.15) is 6.61 Å². The van der Waals surface area contributed by atoms with E-state index >= 15 is 0 Å². The van der Waals surface area contributed by atoms with Crippen molar-refractivity contribution in [2.24, 2.45) is 0 Å². The van der Waals surface area contributed by atoms with E-state index in [0.29, 0.717) is 31.1 Å². The third-order valence-electron chi connectivity index (χ3n) is 5.24. The summed E-state index contributed by atoms with van der Waals surface area (Å²) in [6.07, 6.45) is 3.49. The first-order chi connectivity index (χ1) is 16.0. The molecule has 6 heteroatoms. The van der Waals surface area contributed by atoms with Crippen molar-refractivity contribution in [3.8, 4) is 11.5 Å². The molecule has 3 aromatic carbocycles. The van der Waals surface area contributed by atoms with Gasteiger partial charge >= 0.3 is 0 Å². The number of hydrogen-bond donors (Lipinski definition) is 1. The number of ether oxygens (including phenoxy) is 2. The Balaban J connectivity index is 1.79. The van der Waals surface area contributed by atoms with Gasteiger partial charge in [-0.2, -0.15) is 0 Å². The summed E-state index contributed by atoms with van der Waals surface area (Å²) in [4.78, 5) is 10.5. The summed E-state index contributed by atoms with van der Waals surface area (Å²) in [5.41, 5.74) is 5.33. The molecule has 0 heterocycles. The van der Waals surface area contributed by atoms with E-state index in [1.54, 1.807) is 12.1 Å². The van der Waals surface area contributed by atoms with Crippen LogP contribution in [0.2, 0.25) is 0 Å². The molecule has 0 bridgehead atoms. The molecule has 3 aromatic rings. The predicted molar refractivity (Wildman–Crippen MR) is 132 cm³/mol. The Morgan fingerprint density at radius 2 is 1.67 bits per heavy atom.